The molecule has 11 heavy (non-hydrogen) atoms. The van der Waals surface area contributed by atoms with E-state index >= 15 is 0 Å². The van der Waals surface area contributed by atoms with Crippen LogP contribution in [0, 0.1) is 5.92 Å². The average molecular weight is 331 g/mol. The predicted octanol–water partition coefficient (Wildman–Crippen LogP) is 3.31. The fourth-order valence-electron chi connectivity index (χ4n) is 1.57. The van der Waals surface area contributed by atoms with Crippen LogP contribution in [0.4, 0.5) is 0 Å². The molecule has 0 bridgehead atoms. The number of rotatable bonds is 0. The molecule has 0 fully saturated rings. The van der Waals surface area contributed by atoms with Crippen LogP contribution in [-0.2, 0) is 21.1 Å². The Morgan fingerprint density at radius 1 is 0.818 bits per heavy atom. The Morgan fingerprint density at radius 2 is 1.09 bits per heavy atom. The second-order valence-electron chi connectivity index (χ2n) is 3.34. The van der Waals surface area contributed by atoms with Gasteiger partial charge in [-0.1, -0.05) is 18.1 Å². The van der Waals surface area contributed by atoms with Gasteiger partial charge >= 0.3 is 0 Å². The summed E-state index contributed by atoms with van der Waals surface area (Å²) < 4.78 is 0. The standard InChI is InChI=1S/C10H16.Pt/c1-6-7(2)9(4)10(5)8(6)3;/h6H,1-5H3;. The Morgan fingerprint density at radius 3 is 1.18 bits per heavy atom. The average Bonchev–Trinajstić information content (AvgIpc) is 2.07. The zero-order valence-corrected chi connectivity index (χ0v) is 10.2. The van der Waals surface area contributed by atoms with Gasteiger partial charge in [-0.15, -0.1) is 0 Å². The van der Waals surface area contributed by atoms with Crippen molar-refractivity contribution >= 4 is 0 Å². The third-order valence-electron chi connectivity index (χ3n) is 3.04. The summed E-state index contributed by atoms with van der Waals surface area (Å²) in [6, 6.07) is 0. The molecule has 0 heterocycles. The second-order valence-corrected chi connectivity index (χ2v) is 3.34. The Balaban J connectivity index is 0.000001000. The van der Waals surface area contributed by atoms with Crippen LogP contribution in [-0.4, -0.2) is 0 Å². The molecule has 0 radical (unpaired) electrons. The van der Waals surface area contributed by atoms with Crippen LogP contribution in [0.15, 0.2) is 22.3 Å². The first-order chi connectivity index (χ1) is 4.55. The summed E-state index contributed by atoms with van der Waals surface area (Å²) in [5.74, 6) is 0.694. The van der Waals surface area contributed by atoms with E-state index in [1.807, 2.05) is 0 Å². The van der Waals surface area contributed by atoms with E-state index in [1.54, 1.807) is 11.1 Å². The maximum Gasteiger partial charge on any atom is 0 e. The molecule has 1 aliphatic carbocycles. The third kappa shape index (κ3) is 1.67. The van der Waals surface area contributed by atoms with E-state index in [0.717, 1.165) is 0 Å². The van der Waals surface area contributed by atoms with Crippen LogP contribution in [0.1, 0.15) is 34.6 Å². The van der Waals surface area contributed by atoms with E-state index in [4.69, 9.17) is 0 Å². The normalized spacial score (nSPS) is 19.4. The van der Waals surface area contributed by atoms with E-state index in [9.17, 15) is 0 Å². The minimum absolute atomic E-state index is 0. The van der Waals surface area contributed by atoms with Crippen LogP contribution in [0.2, 0.25) is 0 Å². The van der Waals surface area contributed by atoms with Crippen molar-refractivity contribution in [2.45, 2.75) is 34.6 Å². The van der Waals surface area contributed by atoms with Gasteiger partial charge in [-0.05, 0) is 44.8 Å². The quantitative estimate of drug-likeness (QED) is 0.639. The van der Waals surface area contributed by atoms with Crippen LogP contribution < -0.4 is 0 Å². The minimum Gasteiger partial charge on any atom is -0.0632 e. The first-order valence-corrected chi connectivity index (χ1v) is 3.90. The Hall–Kier alpha value is 0.168. The zero-order valence-electron chi connectivity index (χ0n) is 7.89. The molecule has 0 aromatic heterocycles. The van der Waals surface area contributed by atoms with Gasteiger partial charge in [0.1, 0.15) is 0 Å². The van der Waals surface area contributed by atoms with Crippen LogP contribution in [0.5, 0.6) is 0 Å². The molecule has 0 amide bonds. The molecule has 0 saturated carbocycles. The van der Waals surface area contributed by atoms with Crippen molar-refractivity contribution in [3.63, 3.8) is 0 Å². The molecule has 0 atom stereocenters. The van der Waals surface area contributed by atoms with Gasteiger partial charge in [-0.3, -0.25) is 0 Å². The molecular weight excluding hydrogens is 315 g/mol. The van der Waals surface area contributed by atoms with Crippen LogP contribution in [0.25, 0.3) is 0 Å². The number of hydrogen-bond donors (Lipinski definition) is 0. The molecule has 1 heteroatoms. The smallest absolute Gasteiger partial charge is 0 e. The molecule has 0 spiro atoms. The largest absolute Gasteiger partial charge is 0.0632 e. The second kappa shape index (κ2) is 3.71. The summed E-state index contributed by atoms with van der Waals surface area (Å²) >= 11 is 0. The van der Waals surface area contributed by atoms with E-state index in [2.05, 4.69) is 34.6 Å². The molecule has 0 aliphatic heterocycles. The van der Waals surface area contributed by atoms with Gasteiger partial charge in [-0.25, -0.2) is 0 Å². The Labute approximate surface area is 84.0 Å². The van der Waals surface area contributed by atoms with E-state index in [1.165, 1.54) is 11.1 Å². The molecule has 66 valence electrons. The number of hydrogen-bond acceptors (Lipinski definition) is 0. The number of allylic oxidation sites excluding steroid dienone is 4. The summed E-state index contributed by atoms with van der Waals surface area (Å²) in [5.41, 5.74) is 6.11. The predicted molar refractivity (Wildman–Crippen MR) is 45.9 cm³/mol. The maximum atomic E-state index is 2.28. The van der Waals surface area contributed by atoms with Gasteiger partial charge in [0.2, 0.25) is 0 Å². The summed E-state index contributed by atoms with van der Waals surface area (Å²) in [4.78, 5) is 0. The molecule has 0 unspecified atom stereocenters. The third-order valence-corrected chi connectivity index (χ3v) is 3.04. The van der Waals surface area contributed by atoms with E-state index < -0.39 is 0 Å². The van der Waals surface area contributed by atoms with Crippen molar-refractivity contribution in [3.8, 4) is 0 Å². The summed E-state index contributed by atoms with van der Waals surface area (Å²) in [6.07, 6.45) is 0. The SMILES string of the molecule is CC1=C(C)C(C)C(C)=C1C.[Pt]. The van der Waals surface area contributed by atoms with Crippen molar-refractivity contribution in [1.82, 2.24) is 0 Å². The zero-order chi connectivity index (χ0) is 7.89. The molecule has 0 N–H and O–H groups in total. The fourth-order valence-corrected chi connectivity index (χ4v) is 1.57. The fraction of sp³-hybridized carbons (Fsp3) is 0.600. The molecule has 0 aromatic rings. The van der Waals surface area contributed by atoms with Gasteiger partial charge in [0, 0.05) is 21.1 Å². The minimum atomic E-state index is 0. The summed E-state index contributed by atoms with van der Waals surface area (Å²) in [5, 5.41) is 0. The Bertz CT molecular complexity index is 197. The first-order valence-electron chi connectivity index (χ1n) is 3.90. The van der Waals surface area contributed by atoms with Crippen molar-refractivity contribution in [2.75, 3.05) is 0 Å². The van der Waals surface area contributed by atoms with E-state index in [0.29, 0.717) is 5.92 Å². The monoisotopic (exact) mass is 331 g/mol. The van der Waals surface area contributed by atoms with Crippen molar-refractivity contribution in [3.05, 3.63) is 22.3 Å². The van der Waals surface area contributed by atoms with Crippen LogP contribution in [0.3, 0.4) is 0 Å². The Kier molecular flexibility index (Phi) is 3.77. The summed E-state index contributed by atoms with van der Waals surface area (Å²) in [7, 11) is 0. The van der Waals surface area contributed by atoms with Gasteiger partial charge in [0.05, 0.1) is 0 Å². The van der Waals surface area contributed by atoms with Gasteiger partial charge < -0.3 is 0 Å². The van der Waals surface area contributed by atoms with Crippen molar-refractivity contribution in [2.24, 2.45) is 5.92 Å². The molecular formula is C10H16Pt. The molecule has 1 aliphatic rings. The van der Waals surface area contributed by atoms with E-state index in [-0.39, 0.29) is 21.1 Å². The van der Waals surface area contributed by atoms with Crippen molar-refractivity contribution < 1.29 is 21.1 Å². The molecule has 0 nitrogen and oxygen atoms in total. The molecule has 0 saturated heterocycles. The molecule has 0 aromatic carbocycles. The van der Waals surface area contributed by atoms with Crippen LogP contribution >= 0.6 is 0 Å². The van der Waals surface area contributed by atoms with Crippen molar-refractivity contribution in [1.29, 1.82) is 0 Å². The first kappa shape index (κ1) is 11.2. The maximum absolute atomic E-state index is 2.28. The summed E-state index contributed by atoms with van der Waals surface area (Å²) in [6.45, 7) is 11.2. The van der Waals surface area contributed by atoms with Gasteiger partial charge in [0.15, 0.2) is 0 Å². The molecule has 1 rings (SSSR count). The topological polar surface area (TPSA) is 0 Å². The van der Waals surface area contributed by atoms with Gasteiger partial charge in [0.25, 0.3) is 0 Å². The van der Waals surface area contributed by atoms with Gasteiger partial charge in [-0.2, -0.15) is 0 Å².